The van der Waals surface area contributed by atoms with E-state index in [1.165, 1.54) is 4.88 Å². The van der Waals surface area contributed by atoms with Gasteiger partial charge in [0.1, 0.15) is 6.10 Å². The SMILES string of the molecule is Cc1ccc(C(O)c2cc(Cl)c3c(c2)OCCCO3)s1. The van der Waals surface area contributed by atoms with Gasteiger partial charge in [-0.2, -0.15) is 0 Å². The minimum atomic E-state index is -0.691. The van der Waals surface area contributed by atoms with Crippen LogP contribution in [0.25, 0.3) is 0 Å². The molecule has 1 aromatic heterocycles. The summed E-state index contributed by atoms with van der Waals surface area (Å²) in [5, 5.41) is 10.9. The van der Waals surface area contributed by atoms with Crippen LogP contribution in [0.2, 0.25) is 5.02 Å². The Morgan fingerprint density at radius 2 is 2.05 bits per heavy atom. The second kappa shape index (κ2) is 5.64. The average Bonchev–Trinajstić information content (AvgIpc) is 2.72. The maximum Gasteiger partial charge on any atom is 0.179 e. The molecule has 106 valence electrons. The van der Waals surface area contributed by atoms with Crippen molar-refractivity contribution in [3.05, 3.63) is 44.6 Å². The van der Waals surface area contributed by atoms with Gasteiger partial charge in [-0.05, 0) is 36.8 Å². The van der Waals surface area contributed by atoms with Gasteiger partial charge in [0.25, 0.3) is 0 Å². The molecule has 0 saturated heterocycles. The van der Waals surface area contributed by atoms with E-state index >= 15 is 0 Å². The highest BCUT2D eigenvalue weighted by atomic mass is 35.5. The quantitative estimate of drug-likeness (QED) is 0.912. The van der Waals surface area contributed by atoms with Crippen molar-refractivity contribution < 1.29 is 14.6 Å². The molecule has 3 rings (SSSR count). The van der Waals surface area contributed by atoms with Gasteiger partial charge in [-0.25, -0.2) is 0 Å². The highest BCUT2D eigenvalue weighted by Crippen LogP contribution is 2.41. The molecule has 1 atom stereocenters. The van der Waals surface area contributed by atoms with Gasteiger partial charge < -0.3 is 14.6 Å². The predicted molar refractivity (Wildman–Crippen MR) is 80.2 cm³/mol. The van der Waals surface area contributed by atoms with Crippen molar-refractivity contribution in [2.45, 2.75) is 19.4 Å². The number of hydrogen-bond donors (Lipinski definition) is 1. The van der Waals surface area contributed by atoms with Crippen LogP contribution in [-0.4, -0.2) is 18.3 Å². The Balaban J connectivity index is 1.98. The summed E-state index contributed by atoms with van der Waals surface area (Å²) in [6.07, 6.45) is 0.135. The van der Waals surface area contributed by atoms with Crippen molar-refractivity contribution in [1.82, 2.24) is 0 Å². The smallest absolute Gasteiger partial charge is 0.179 e. The van der Waals surface area contributed by atoms with E-state index in [1.54, 1.807) is 17.4 Å². The van der Waals surface area contributed by atoms with E-state index in [1.807, 2.05) is 25.1 Å². The zero-order valence-corrected chi connectivity index (χ0v) is 12.6. The molecule has 1 aromatic carbocycles. The highest BCUT2D eigenvalue weighted by Gasteiger charge is 2.20. The molecule has 0 amide bonds. The summed E-state index contributed by atoms with van der Waals surface area (Å²) in [4.78, 5) is 2.06. The Labute approximate surface area is 126 Å². The Morgan fingerprint density at radius 3 is 2.80 bits per heavy atom. The highest BCUT2D eigenvalue weighted by molar-refractivity contribution is 7.12. The van der Waals surface area contributed by atoms with Gasteiger partial charge in [0.05, 0.1) is 18.2 Å². The van der Waals surface area contributed by atoms with Crippen LogP contribution in [0.4, 0.5) is 0 Å². The zero-order chi connectivity index (χ0) is 14.1. The number of rotatable bonds is 2. The maximum atomic E-state index is 10.5. The number of halogens is 1. The molecular formula is C15H15ClO3S. The predicted octanol–water partition coefficient (Wildman–Crippen LogP) is 3.95. The second-order valence-corrected chi connectivity index (χ2v) is 6.46. The van der Waals surface area contributed by atoms with E-state index in [-0.39, 0.29) is 0 Å². The van der Waals surface area contributed by atoms with Crippen LogP contribution in [0.15, 0.2) is 24.3 Å². The molecule has 3 nitrogen and oxygen atoms in total. The van der Waals surface area contributed by atoms with E-state index in [4.69, 9.17) is 21.1 Å². The van der Waals surface area contributed by atoms with E-state index in [2.05, 4.69) is 0 Å². The first-order valence-electron chi connectivity index (χ1n) is 6.48. The number of aliphatic hydroxyl groups is 1. The summed E-state index contributed by atoms with van der Waals surface area (Å²) in [6, 6.07) is 7.48. The van der Waals surface area contributed by atoms with Gasteiger partial charge in [0.15, 0.2) is 11.5 Å². The molecule has 1 aliphatic heterocycles. The number of ether oxygens (including phenoxy) is 2. The van der Waals surface area contributed by atoms with Crippen LogP contribution in [0.1, 0.15) is 27.8 Å². The lowest BCUT2D eigenvalue weighted by molar-refractivity contribution is 0.223. The molecule has 0 radical (unpaired) electrons. The minimum Gasteiger partial charge on any atom is -0.489 e. The Morgan fingerprint density at radius 1 is 1.25 bits per heavy atom. The van der Waals surface area contributed by atoms with Gasteiger partial charge in [-0.15, -0.1) is 11.3 Å². The topological polar surface area (TPSA) is 38.7 Å². The summed E-state index contributed by atoms with van der Waals surface area (Å²) in [5.74, 6) is 1.18. The van der Waals surface area contributed by atoms with Crippen molar-refractivity contribution in [1.29, 1.82) is 0 Å². The van der Waals surface area contributed by atoms with Crippen LogP contribution in [-0.2, 0) is 0 Å². The van der Waals surface area contributed by atoms with E-state index in [0.29, 0.717) is 29.7 Å². The lowest BCUT2D eigenvalue weighted by Crippen LogP contribution is -2.00. The summed E-state index contributed by atoms with van der Waals surface area (Å²) < 4.78 is 11.2. The van der Waals surface area contributed by atoms with Crippen LogP contribution in [0.5, 0.6) is 11.5 Å². The molecule has 0 spiro atoms. The molecule has 0 saturated carbocycles. The summed E-state index contributed by atoms with van der Waals surface area (Å²) in [6.45, 7) is 3.21. The van der Waals surface area contributed by atoms with Crippen molar-refractivity contribution in [2.75, 3.05) is 13.2 Å². The third kappa shape index (κ3) is 2.64. The summed E-state index contributed by atoms with van der Waals surface area (Å²) in [7, 11) is 0. The number of thiophene rings is 1. The number of hydrogen-bond acceptors (Lipinski definition) is 4. The molecule has 20 heavy (non-hydrogen) atoms. The standard InChI is InChI=1S/C15H15ClO3S/c1-9-3-4-13(20-9)14(17)10-7-11(16)15-12(8-10)18-5-2-6-19-15/h3-4,7-8,14,17H,2,5-6H2,1H3. The number of fused-ring (bicyclic) bond motifs is 1. The summed E-state index contributed by atoms with van der Waals surface area (Å²) in [5.41, 5.74) is 0.723. The molecule has 0 fully saturated rings. The van der Waals surface area contributed by atoms with E-state index in [9.17, 15) is 5.11 Å². The first-order valence-corrected chi connectivity index (χ1v) is 7.68. The largest absolute Gasteiger partial charge is 0.489 e. The molecule has 2 heterocycles. The monoisotopic (exact) mass is 310 g/mol. The van der Waals surface area contributed by atoms with Crippen LogP contribution < -0.4 is 9.47 Å². The molecule has 2 aromatic rings. The Bertz CT molecular complexity index is 624. The van der Waals surface area contributed by atoms with Crippen molar-refractivity contribution >= 4 is 22.9 Å². The summed E-state index contributed by atoms with van der Waals surface area (Å²) >= 11 is 7.82. The first kappa shape index (κ1) is 13.7. The van der Waals surface area contributed by atoms with Crippen LogP contribution >= 0.6 is 22.9 Å². The van der Waals surface area contributed by atoms with Gasteiger partial charge in [0.2, 0.25) is 0 Å². The third-order valence-corrected chi connectivity index (χ3v) is 4.50. The normalized spacial score (nSPS) is 15.8. The lowest BCUT2D eigenvalue weighted by Gasteiger charge is -2.14. The van der Waals surface area contributed by atoms with Crippen molar-refractivity contribution in [2.24, 2.45) is 0 Å². The van der Waals surface area contributed by atoms with E-state index in [0.717, 1.165) is 16.9 Å². The van der Waals surface area contributed by atoms with E-state index < -0.39 is 6.10 Å². The van der Waals surface area contributed by atoms with Gasteiger partial charge in [-0.1, -0.05) is 11.6 Å². The van der Waals surface area contributed by atoms with Crippen molar-refractivity contribution in [3.8, 4) is 11.5 Å². The molecule has 1 unspecified atom stereocenters. The molecule has 5 heteroatoms. The molecule has 1 N–H and O–H groups in total. The molecular weight excluding hydrogens is 296 g/mol. The molecule has 1 aliphatic rings. The maximum absolute atomic E-state index is 10.5. The molecule has 0 aliphatic carbocycles. The van der Waals surface area contributed by atoms with Gasteiger partial charge in [0, 0.05) is 16.2 Å². The first-order chi connectivity index (χ1) is 9.65. The van der Waals surface area contributed by atoms with Crippen LogP contribution in [0.3, 0.4) is 0 Å². The average molecular weight is 311 g/mol. The van der Waals surface area contributed by atoms with Gasteiger partial charge >= 0.3 is 0 Å². The fourth-order valence-electron chi connectivity index (χ4n) is 2.17. The Hall–Kier alpha value is -1.23. The fraction of sp³-hybridized carbons (Fsp3) is 0.333. The lowest BCUT2D eigenvalue weighted by atomic mass is 10.1. The van der Waals surface area contributed by atoms with Crippen LogP contribution in [0, 0.1) is 6.92 Å². The minimum absolute atomic E-state index is 0.478. The van der Waals surface area contributed by atoms with Crippen molar-refractivity contribution in [3.63, 3.8) is 0 Å². The number of aryl methyl sites for hydroxylation is 1. The number of benzene rings is 1. The third-order valence-electron chi connectivity index (χ3n) is 3.17. The van der Waals surface area contributed by atoms with Gasteiger partial charge in [-0.3, -0.25) is 0 Å². The number of aliphatic hydroxyl groups excluding tert-OH is 1. The fourth-order valence-corrected chi connectivity index (χ4v) is 3.34. The molecule has 0 bridgehead atoms. The Kier molecular flexibility index (Phi) is 3.87. The second-order valence-electron chi connectivity index (χ2n) is 4.73. The zero-order valence-electron chi connectivity index (χ0n) is 11.1.